The van der Waals surface area contributed by atoms with E-state index in [2.05, 4.69) is 34.0 Å². The number of carbonyl (C=O) groups is 1. The zero-order chi connectivity index (χ0) is 9.97. The normalized spacial score (nSPS) is 20.9. The Labute approximate surface area is 97.2 Å². The number of hydrogen-bond donors (Lipinski definition) is 1. The Bertz CT molecular complexity index is 351. The molecule has 0 aromatic heterocycles. The van der Waals surface area contributed by atoms with Crippen LogP contribution in [0.25, 0.3) is 0 Å². The minimum atomic E-state index is 0.150. The average Bonchev–Trinajstić information content (AvgIpc) is 2.35. The van der Waals surface area contributed by atoms with Gasteiger partial charge in [0.1, 0.15) is 0 Å². The molecule has 0 saturated carbocycles. The number of benzene rings is 1. The molecule has 0 spiro atoms. The van der Waals surface area contributed by atoms with Gasteiger partial charge >= 0.3 is 0 Å². The summed E-state index contributed by atoms with van der Waals surface area (Å²) in [5.41, 5.74) is 2.25. The maximum atomic E-state index is 11.5. The lowest BCUT2D eigenvalue weighted by Crippen LogP contribution is -2.14. The van der Waals surface area contributed by atoms with Crippen LogP contribution in [0.2, 0.25) is 0 Å². The first-order valence-corrected chi connectivity index (χ1v) is 6.26. The molecule has 0 aliphatic carbocycles. The molecule has 1 aromatic rings. The SMILES string of the molecule is O=C1CC(CI)Cc2ccccc2N1. The van der Waals surface area contributed by atoms with Crippen molar-refractivity contribution in [2.45, 2.75) is 12.8 Å². The maximum Gasteiger partial charge on any atom is 0.224 e. The van der Waals surface area contributed by atoms with Gasteiger partial charge in [-0.3, -0.25) is 4.79 Å². The number of hydrogen-bond acceptors (Lipinski definition) is 1. The van der Waals surface area contributed by atoms with Gasteiger partial charge in [-0.1, -0.05) is 40.8 Å². The van der Waals surface area contributed by atoms with Crippen molar-refractivity contribution in [2.75, 3.05) is 9.74 Å². The summed E-state index contributed by atoms with van der Waals surface area (Å²) in [4.78, 5) is 11.5. The first-order chi connectivity index (χ1) is 6.79. The molecule has 0 bridgehead atoms. The Morgan fingerprint density at radius 2 is 2.14 bits per heavy atom. The third-order valence-corrected chi connectivity index (χ3v) is 3.74. The second kappa shape index (κ2) is 4.29. The maximum absolute atomic E-state index is 11.5. The van der Waals surface area contributed by atoms with Gasteiger partial charge in [-0.15, -0.1) is 0 Å². The zero-order valence-corrected chi connectivity index (χ0v) is 9.95. The summed E-state index contributed by atoms with van der Waals surface area (Å²) in [6.07, 6.45) is 1.66. The Hall–Kier alpha value is -0.580. The van der Waals surface area contributed by atoms with Crippen LogP contribution in [0, 0.1) is 5.92 Å². The topological polar surface area (TPSA) is 29.1 Å². The molecule has 1 amide bonds. The van der Waals surface area contributed by atoms with Crippen molar-refractivity contribution in [1.29, 1.82) is 0 Å². The van der Waals surface area contributed by atoms with Crippen LogP contribution in [0.15, 0.2) is 24.3 Å². The first kappa shape index (κ1) is 9.96. The number of alkyl halides is 1. The van der Waals surface area contributed by atoms with Crippen LogP contribution in [0.4, 0.5) is 5.69 Å². The van der Waals surface area contributed by atoms with Crippen LogP contribution in [0.5, 0.6) is 0 Å². The van der Waals surface area contributed by atoms with Crippen molar-refractivity contribution >= 4 is 34.2 Å². The number of carbonyl (C=O) groups excluding carboxylic acids is 1. The third kappa shape index (κ3) is 2.08. The number of fused-ring (bicyclic) bond motifs is 1. The quantitative estimate of drug-likeness (QED) is 0.627. The second-order valence-electron chi connectivity index (χ2n) is 3.63. The highest BCUT2D eigenvalue weighted by Crippen LogP contribution is 2.25. The molecular weight excluding hydrogens is 289 g/mol. The van der Waals surface area contributed by atoms with Crippen LogP contribution < -0.4 is 5.32 Å². The minimum absolute atomic E-state index is 0.150. The van der Waals surface area contributed by atoms with E-state index in [4.69, 9.17) is 0 Å². The molecule has 0 radical (unpaired) electrons. The van der Waals surface area contributed by atoms with Crippen molar-refractivity contribution in [3.63, 3.8) is 0 Å². The molecule has 1 aliphatic heterocycles. The summed E-state index contributed by atoms with van der Waals surface area (Å²) in [7, 11) is 0. The standard InChI is InChI=1S/C11H12INO/c12-7-8-5-9-3-1-2-4-10(9)13-11(14)6-8/h1-4,8H,5-7H2,(H,13,14). The number of halogens is 1. The highest BCUT2D eigenvalue weighted by atomic mass is 127. The predicted molar refractivity (Wildman–Crippen MR) is 65.8 cm³/mol. The van der Waals surface area contributed by atoms with E-state index in [0.717, 1.165) is 16.5 Å². The lowest BCUT2D eigenvalue weighted by Gasteiger charge is -2.08. The fourth-order valence-electron chi connectivity index (χ4n) is 1.78. The fraction of sp³-hybridized carbons (Fsp3) is 0.364. The van der Waals surface area contributed by atoms with E-state index in [1.165, 1.54) is 5.56 Å². The van der Waals surface area contributed by atoms with E-state index < -0.39 is 0 Å². The van der Waals surface area contributed by atoms with Gasteiger partial charge in [0, 0.05) is 16.5 Å². The van der Waals surface area contributed by atoms with E-state index >= 15 is 0 Å². The predicted octanol–water partition coefficient (Wildman–Crippen LogP) is 2.62. The Morgan fingerprint density at radius 3 is 2.93 bits per heavy atom. The van der Waals surface area contributed by atoms with Crippen molar-refractivity contribution in [3.8, 4) is 0 Å². The summed E-state index contributed by atoms with van der Waals surface area (Å²) in [5, 5.41) is 2.94. The van der Waals surface area contributed by atoms with Gasteiger partial charge in [-0.2, -0.15) is 0 Å². The zero-order valence-electron chi connectivity index (χ0n) is 7.79. The number of para-hydroxylation sites is 1. The molecule has 0 saturated heterocycles. The van der Waals surface area contributed by atoms with Gasteiger partial charge in [0.2, 0.25) is 5.91 Å². The lowest BCUT2D eigenvalue weighted by atomic mass is 9.99. The number of rotatable bonds is 1. The molecule has 1 N–H and O–H groups in total. The van der Waals surface area contributed by atoms with Crippen LogP contribution in [-0.4, -0.2) is 10.3 Å². The monoisotopic (exact) mass is 301 g/mol. The minimum Gasteiger partial charge on any atom is -0.326 e. The lowest BCUT2D eigenvalue weighted by molar-refractivity contribution is -0.116. The van der Waals surface area contributed by atoms with E-state index in [1.807, 2.05) is 18.2 Å². The molecule has 1 aromatic carbocycles. The highest BCUT2D eigenvalue weighted by molar-refractivity contribution is 14.1. The molecule has 1 atom stereocenters. The first-order valence-electron chi connectivity index (χ1n) is 4.73. The summed E-state index contributed by atoms with van der Waals surface area (Å²) < 4.78 is 1.04. The average molecular weight is 301 g/mol. The molecule has 1 aliphatic rings. The van der Waals surface area contributed by atoms with Crippen LogP contribution in [-0.2, 0) is 11.2 Å². The largest absolute Gasteiger partial charge is 0.326 e. The molecule has 14 heavy (non-hydrogen) atoms. The van der Waals surface area contributed by atoms with Crippen molar-refractivity contribution in [2.24, 2.45) is 5.92 Å². The Morgan fingerprint density at radius 1 is 1.36 bits per heavy atom. The summed E-state index contributed by atoms with van der Waals surface area (Å²) in [6, 6.07) is 8.06. The van der Waals surface area contributed by atoms with Crippen molar-refractivity contribution < 1.29 is 4.79 Å². The van der Waals surface area contributed by atoms with Gasteiger partial charge in [0.15, 0.2) is 0 Å². The molecule has 1 heterocycles. The molecule has 0 fully saturated rings. The summed E-state index contributed by atoms with van der Waals surface area (Å²) in [6.45, 7) is 0. The van der Waals surface area contributed by atoms with Gasteiger partial charge in [-0.25, -0.2) is 0 Å². The number of nitrogens with one attached hydrogen (secondary N) is 1. The van der Waals surface area contributed by atoms with Gasteiger partial charge in [0.05, 0.1) is 0 Å². The van der Waals surface area contributed by atoms with Crippen molar-refractivity contribution in [3.05, 3.63) is 29.8 Å². The highest BCUT2D eigenvalue weighted by Gasteiger charge is 2.19. The van der Waals surface area contributed by atoms with Gasteiger partial charge in [-0.05, 0) is 24.0 Å². The van der Waals surface area contributed by atoms with Crippen LogP contribution >= 0.6 is 22.6 Å². The van der Waals surface area contributed by atoms with E-state index in [1.54, 1.807) is 0 Å². The third-order valence-electron chi connectivity index (χ3n) is 2.49. The van der Waals surface area contributed by atoms with E-state index in [0.29, 0.717) is 12.3 Å². The van der Waals surface area contributed by atoms with Gasteiger partial charge < -0.3 is 5.32 Å². The molecular formula is C11H12INO. The molecule has 2 nitrogen and oxygen atoms in total. The second-order valence-corrected chi connectivity index (χ2v) is 4.51. The molecule has 2 rings (SSSR count). The fourth-order valence-corrected chi connectivity index (χ4v) is 2.40. The van der Waals surface area contributed by atoms with Crippen LogP contribution in [0.1, 0.15) is 12.0 Å². The van der Waals surface area contributed by atoms with E-state index in [-0.39, 0.29) is 5.91 Å². The van der Waals surface area contributed by atoms with Crippen LogP contribution in [0.3, 0.4) is 0 Å². The Kier molecular flexibility index (Phi) is 3.05. The molecule has 3 heteroatoms. The number of amides is 1. The smallest absolute Gasteiger partial charge is 0.224 e. The number of anilines is 1. The molecule has 1 unspecified atom stereocenters. The van der Waals surface area contributed by atoms with E-state index in [9.17, 15) is 4.79 Å². The molecule has 74 valence electrons. The van der Waals surface area contributed by atoms with Gasteiger partial charge in [0.25, 0.3) is 0 Å². The van der Waals surface area contributed by atoms with Crippen molar-refractivity contribution in [1.82, 2.24) is 0 Å². The Balaban J connectivity index is 2.32. The summed E-state index contributed by atoms with van der Waals surface area (Å²) >= 11 is 2.35. The summed E-state index contributed by atoms with van der Waals surface area (Å²) in [5.74, 6) is 0.635.